The summed E-state index contributed by atoms with van der Waals surface area (Å²) in [5, 5.41) is 0.903. The summed E-state index contributed by atoms with van der Waals surface area (Å²) < 4.78 is 0. The van der Waals surface area contributed by atoms with Crippen molar-refractivity contribution in [2.45, 2.75) is 13.3 Å². The lowest BCUT2D eigenvalue weighted by atomic mass is 10.5. The van der Waals surface area contributed by atoms with E-state index >= 15 is 0 Å². The molecular weight excluding hydrogens is 116 g/mol. The fourth-order valence-corrected chi connectivity index (χ4v) is 0.282. The maximum Gasteiger partial charge on any atom is 0.121 e. The van der Waals surface area contributed by atoms with E-state index in [0.29, 0.717) is 0 Å². The summed E-state index contributed by atoms with van der Waals surface area (Å²) in [7, 11) is 0. The molecule has 0 heterocycles. The number of allylic oxidation sites excluding steroid dienone is 1. The van der Waals surface area contributed by atoms with Crippen LogP contribution < -0.4 is 11.7 Å². The average Bonchev–Trinajstić information content (AvgIpc) is 1.80. The first-order valence-electron chi connectivity index (χ1n) is 2.74. The van der Waals surface area contributed by atoms with Crippen molar-refractivity contribution >= 4 is 6.34 Å². The van der Waals surface area contributed by atoms with Crippen LogP contribution in [-0.4, -0.2) is 11.5 Å². The van der Waals surface area contributed by atoms with E-state index in [9.17, 15) is 0 Å². The second kappa shape index (κ2) is 5.27. The Kier molecular flexibility index (Phi) is 4.76. The molecule has 0 amide bonds. The lowest BCUT2D eigenvalue weighted by Gasteiger charge is -1.98. The lowest BCUT2D eigenvalue weighted by Crippen LogP contribution is -2.36. The molecule has 0 aliphatic rings. The molecule has 0 bridgehead atoms. The monoisotopic (exact) mass is 128 g/mol. The fraction of sp³-hybridized carbons (Fsp3) is 0.400. The molecule has 0 radical (unpaired) electrons. The smallest absolute Gasteiger partial charge is 0.121 e. The van der Waals surface area contributed by atoms with Crippen LogP contribution in [0.4, 0.5) is 0 Å². The first-order valence-corrected chi connectivity index (χ1v) is 2.74. The van der Waals surface area contributed by atoms with Gasteiger partial charge in [0.25, 0.3) is 0 Å². The third-order valence-electron chi connectivity index (χ3n) is 0.627. The molecule has 52 valence electrons. The van der Waals surface area contributed by atoms with Crippen molar-refractivity contribution in [3.8, 4) is 0 Å². The molecule has 4 heteroatoms. The molecule has 0 aliphatic carbocycles. The van der Waals surface area contributed by atoms with Crippen molar-refractivity contribution < 1.29 is 0 Å². The molecule has 0 aliphatic heterocycles. The molecular formula is C5H12N4. The Bertz CT molecular complexity index is 106. The maximum absolute atomic E-state index is 5.00. The molecule has 0 unspecified atom stereocenters. The van der Waals surface area contributed by atoms with E-state index in [1.165, 1.54) is 6.34 Å². The van der Waals surface area contributed by atoms with E-state index in [1.807, 2.05) is 13.0 Å². The van der Waals surface area contributed by atoms with Crippen LogP contribution >= 0.6 is 0 Å². The fourth-order valence-electron chi connectivity index (χ4n) is 0.282. The van der Waals surface area contributed by atoms with Gasteiger partial charge in [-0.2, -0.15) is 0 Å². The molecule has 0 fully saturated rings. The largest absolute Gasteiger partial charge is 0.244 e. The topological polar surface area (TPSA) is 67.6 Å². The second-order valence-electron chi connectivity index (χ2n) is 1.50. The van der Waals surface area contributed by atoms with Crippen LogP contribution in [0.2, 0.25) is 0 Å². The molecule has 0 rings (SSSR count). The molecule has 0 spiro atoms. The zero-order valence-electron chi connectivity index (χ0n) is 5.49. The summed E-state index contributed by atoms with van der Waals surface area (Å²) >= 11 is 0. The highest BCUT2D eigenvalue weighted by Gasteiger charge is 1.71. The summed E-state index contributed by atoms with van der Waals surface area (Å²) in [6, 6.07) is 0. The summed E-state index contributed by atoms with van der Waals surface area (Å²) in [5.41, 5.74) is 0. The van der Waals surface area contributed by atoms with Gasteiger partial charge in [-0.3, -0.25) is 0 Å². The van der Waals surface area contributed by atoms with Gasteiger partial charge in [-0.15, -0.1) is 0 Å². The van der Waals surface area contributed by atoms with Crippen molar-refractivity contribution in [3.05, 3.63) is 12.3 Å². The number of hydrogen-bond acceptors (Lipinski definition) is 3. The third-order valence-corrected chi connectivity index (χ3v) is 0.627. The Labute approximate surface area is 54.8 Å². The number of hydrogen-bond donors (Lipinski definition) is 2. The highest BCUT2D eigenvalue weighted by Crippen LogP contribution is 1.78. The molecule has 0 aromatic rings. The van der Waals surface area contributed by atoms with Crippen molar-refractivity contribution in [1.29, 1.82) is 0 Å². The second-order valence-corrected chi connectivity index (χ2v) is 1.50. The standard InChI is InChI=1S/C5H12N4/c1-2-3-4-8-5-9(6)7/h3-5H,2,6-7H2,1H3. The van der Waals surface area contributed by atoms with Gasteiger partial charge in [-0.25, -0.2) is 21.8 Å². The van der Waals surface area contributed by atoms with E-state index in [2.05, 4.69) is 4.99 Å². The van der Waals surface area contributed by atoms with Crippen molar-refractivity contribution in [2.75, 3.05) is 0 Å². The minimum Gasteiger partial charge on any atom is -0.244 e. The van der Waals surface area contributed by atoms with Crippen LogP contribution in [0, 0.1) is 0 Å². The summed E-state index contributed by atoms with van der Waals surface area (Å²) in [5.74, 6) is 10.0. The number of nitrogens with two attached hydrogens (primary N) is 2. The first kappa shape index (κ1) is 8.13. The Morgan fingerprint density at radius 3 is 2.67 bits per heavy atom. The Morgan fingerprint density at radius 2 is 2.22 bits per heavy atom. The van der Waals surface area contributed by atoms with Crippen LogP contribution in [0.15, 0.2) is 17.3 Å². The van der Waals surface area contributed by atoms with Crippen LogP contribution in [0.5, 0.6) is 0 Å². The Balaban J connectivity index is 3.35. The van der Waals surface area contributed by atoms with Gasteiger partial charge >= 0.3 is 0 Å². The van der Waals surface area contributed by atoms with E-state index in [1.54, 1.807) is 6.20 Å². The molecule has 9 heavy (non-hydrogen) atoms. The van der Waals surface area contributed by atoms with E-state index in [-0.39, 0.29) is 0 Å². The van der Waals surface area contributed by atoms with Gasteiger partial charge in [-0.05, 0) is 6.42 Å². The summed E-state index contributed by atoms with van der Waals surface area (Å²) in [6.07, 6.45) is 5.84. The molecule has 0 atom stereocenters. The minimum absolute atomic E-state index is 0.903. The molecule has 0 aromatic heterocycles. The predicted molar refractivity (Wildman–Crippen MR) is 38.1 cm³/mol. The lowest BCUT2D eigenvalue weighted by molar-refractivity contribution is 0.480. The number of nitrogens with zero attached hydrogens (tertiary/aromatic N) is 2. The van der Waals surface area contributed by atoms with Gasteiger partial charge in [0.2, 0.25) is 0 Å². The first-order chi connectivity index (χ1) is 4.27. The van der Waals surface area contributed by atoms with Gasteiger partial charge in [0.05, 0.1) is 0 Å². The normalized spacial score (nSPS) is 11.4. The SMILES string of the molecule is CCC=CN=CN(N)N. The van der Waals surface area contributed by atoms with E-state index in [0.717, 1.165) is 11.5 Å². The van der Waals surface area contributed by atoms with Crippen LogP contribution in [0.25, 0.3) is 0 Å². The minimum atomic E-state index is 0.903. The van der Waals surface area contributed by atoms with Crippen LogP contribution in [0.3, 0.4) is 0 Å². The maximum atomic E-state index is 5.00. The molecule has 0 aromatic carbocycles. The number of rotatable bonds is 3. The number of aliphatic imine (C=N–C) groups is 1. The predicted octanol–water partition coefficient (Wildman–Crippen LogP) is -0.0122. The van der Waals surface area contributed by atoms with Crippen molar-refractivity contribution in [2.24, 2.45) is 16.7 Å². The Hall–Kier alpha value is -0.870. The van der Waals surface area contributed by atoms with Crippen molar-refractivity contribution in [3.63, 3.8) is 0 Å². The molecule has 4 nitrogen and oxygen atoms in total. The Morgan fingerprint density at radius 1 is 1.56 bits per heavy atom. The highest BCUT2D eigenvalue weighted by molar-refractivity contribution is 5.53. The van der Waals surface area contributed by atoms with Gasteiger partial charge in [0.15, 0.2) is 0 Å². The zero-order valence-corrected chi connectivity index (χ0v) is 5.49. The molecule has 4 N–H and O–H groups in total. The van der Waals surface area contributed by atoms with Crippen LogP contribution in [-0.2, 0) is 0 Å². The summed E-state index contributed by atoms with van der Waals surface area (Å²) in [6.45, 7) is 2.02. The zero-order chi connectivity index (χ0) is 7.11. The van der Waals surface area contributed by atoms with Gasteiger partial charge in [0.1, 0.15) is 6.34 Å². The third kappa shape index (κ3) is 7.13. The van der Waals surface area contributed by atoms with Crippen LogP contribution in [0.1, 0.15) is 13.3 Å². The molecule has 0 saturated heterocycles. The van der Waals surface area contributed by atoms with E-state index < -0.39 is 0 Å². The number of hydrazine groups is 2. The van der Waals surface area contributed by atoms with Gasteiger partial charge in [0, 0.05) is 6.20 Å². The van der Waals surface area contributed by atoms with E-state index in [4.69, 9.17) is 11.7 Å². The average molecular weight is 128 g/mol. The quantitative estimate of drug-likeness (QED) is 0.243. The van der Waals surface area contributed by atoms with Crippen molar-refractivity contribution in [1.82, 2.24) is 5.12 Å². The van der Waals surface area contributed by atoms with Gasteiger partial charge in [-0.1, -0.05) is 13.0 Å². The highest BCUT2D eigenvalue weighted by atomic mass is 15.6. The molecule has 0 saturated carbocycles. The summed E-state index contributed by atoms with van der Waals surface area (Å²) in [4.78, 5) is 3.73. The van der Waals surface area contributed by atoms with Gasteiger partial charge < -0.3 is 0 Å².